The monoisotopic (exact) mass is 246 g/mol. The predicted octanol–water partition coefficient (Wildman–Crippen LogP) is 1.15. The molecule has 0 aliphatic carbocycles. The Hall–Kier alpha value is -2.06. The zero-order valence-electron chi connectivity index (χ0n) is 10.7. The molecule has 0 saturated carbocycles. The van der Waals surface area contributed by atoms with Crippen LogP contribution >= 0.6 is 0 Å². The lowest BCUT2D eigenvalue weighted by atomic mass is 10.1. The molecule has 1 aromatic rings. The lowest BCUT2D eigenvalue weighted by Crippen LogP contribution is -2.34. The standard InChI is InChI=1S/C13H18N4O/c1-10(7-8-13(18)16-15)17(2)12-6-4-3-5-11(12)9-14/h3-6,10H,7-8,15H2,1-2H3,(H,16,18). The Balaban J connectivity index is 2.71. The van der Waals surface area contributed by atoms with Crippen molar-refractivity contribution in [2.24, 2.45) is 5.84 Å². The van der Waals surface area contributed by atoms with Crippen molar-refractivity contribution in [2.45, 2.75) is 25.8 Å². The molecule has 3 N–H and O–H groups in total. The number of hydrogen-bond acceptors (Lipinski definition) is 4. The van der Waals surface area contributed by atoms with E-state index in [1.165, 1.54) is 0 Å². The molecule has 1 atom stereocenters. The van der Waals surface area contributed by atoms with Crippen LogP contribution in [-0.4, -0.2) is 19.0 Å². The highest BCUT2D eigenvalue weighted by molar-refractivity contribution is 5.75. The van der Waals surface area contributed by atoms with Crippen molar-refractivity contribution in [3.05, 3.63) is 29.8 Å². The number of amides is 1. The van der Waals surface area contributed by atoms with E-state index in [1.807, 2.05) is 37.1 Å². The summed E-state index contributed by atoms with van der Waals surface area (Å²) in [5.74, 6) is 4.86. The van der Waals surface area contributed by atoms with Crippen molar-refractivity contribution in [3.8, 4) is 6.07 Å². The summed E-state index contributed by atoms with van der Waals surface area (Å²) in [5, 5.41) is 9.05. The highest BCUT2D eigenvalue weighted by Gasteiger charge is 2.14. The fraction of sp³-hybridized carbons (Fsp3) is 0.385. The van der Waals surface area contributed by atoms with Crippen LogP contribution in [0.3, 0.4) is 0 Å². The molecule has 1 aromatic carbocycles. The molecule has 5 nitrogen and oxygen atoms in total. The van der Waals surface area contributed by atoms with Crippen LogP contribution in [0, 0.1) is 11.3 Å². The summed E-state index contributed by atoms with van der Waals surface area (Å²) in [4.78, 5) is 13.1. The first kappa shape index (κ1) is 14.0. The maximum atomic E-state index is 11.1. The molecule has 5 heteroatoms. The summed E-state index contributed by atoms with van der Waals surface area (Å²) in [5.41, 5.74) is 3.62. The quantitative estimate of drug-likeness (QED) is 0.464. The SMILES string of the molecule is CC(CCC(=O)NN)N(C)c1ccccc1C#N. The molecule has 0 spiro atoms. The number of carbonyl (C=O) groups excluding carboxylic acids is 1. The van der Waals surface area contributed by atoms with Crippen molar-refractivity contribution >= 4 is 11.6 Å². The van der Waals surface area contributed by atoms with Gasteiger partial charge in [-0.2, -0.15) is 5.26 Å². The molecular formula is C13H18N4O. The first-order valence-corrected chi connectivity index (χ1v) is 5.81. The van der Waals surface area contributed by atoms with Crippen molar-refractivity contribution in [3.63, 3.8) is 0 Å². The van der Waals surface area contributed by atoms with Gasteiger partial charge in [-0.3, -0.25) is 10.2 Å². The van der Waals surface area contributed by atoms with E-state index in [0.29, 0.717) is 18.4 Å². The van der Waals surface area contributed by atoms with E-state index in [2.05, 4.69) is 11.5 Å². The number of rotatable bonds is 5. The third-order valence-electron chi connectivity index (χ3n) is 3.02. The third-order valence-corrected chi connectivity index (χ3v) is 3.02. The van der Waals surface area contributed by atoms with E-state index >= 15 is 0 Å². The van der Waals surface area contributed by atoms with Gasteiger partial charge in [-0.1, -0.05) is 12.1 Å². The van der Waals surface area contributed by atoms with Crippen LogP contribution in [0.15, 0.2) is 24.3 Å². The molecule has 1 amide bonds. The van der Waals surface area contributed by atoms with E-state index in [1.54, 1.807) is 6.07 Å². The molecule has 0 saturated heterocycles. The number of para-hydroxylation sites is 1. The molecule has 1 unspecified atom stereocenters. The van der Waals surface area contributed by atoms with Crippen LogP contribution in [0.1, 0.15) is 25.3 Å². The summed E-state index contributed by atoms with van der Waals surface area (Å²) in [6, 6.07) is 9.73. The number of nitriles is 1. The van der Waals surface area contributed by atoms with Crippen LogP contribution in [0.25, 0.3) is 0 Å². The Morgan fingerprint density at radius 3 is 2.83 bits per heavy atom. The lowest BCUT2D eigenvalue weighted by molar-refractivity contribution is -0.121. The summed E-state index contributed by atoms with van der Waals surface area (Å²) >= 11 is 0. The minimum atomic E-state index is -0.177. The number of hydrazine groups is 1. The zero-order chi connectivity index (χ0) is 13.5. The summed E-state index contributed by atoms with van der Waals surface area (Å²) in [6.07, 6.45) is 1.05. The molecule has 0 bridgehead atoms. The van der Waals surface area contributed by atoms with E-state index in [9.17, 15) is 4.79 Å². The number of hydrogen-bond donors (Lipinski definition) is 2. The smallest absolute Gasteiger partial charge is 0.233 e. The lowest BCUT2D eigenvalue weighted by Gasteiger charge is -2.27. The molecule has 0 radical (unpaired) electrons. The van der Waals surface area contributed by atoms with Crippen LogP contribution in [0.4, 0.5) is 5.69 Å². The van der Waals surface area contributed by atoms with Crippen molar-refractivity contribution in [1.29, 1.82) is 5.26 Å². The minimum absolute atomic E-state index is 0.150. The number of nitrogens with one attached hydrogen (secondary N) is 1. The molecule has 0 fully saturated rings. The van der Waals surface area contributed by atoms with Crippen LogP contribution < -0.4 is 16.2 Å². The van der Waals surface area contributed by atoms with Gasteiger partial charge in [0, 0.05) is 19.5 Å². The second-order valence-corrected chi connectivity index (χ2v) is 4.20. The van der Waals surface area contributed by atoms with E-state index in [-0.39, 0.29) is 11.9 Å². The normalized spacial score (nSPS) is 11.4. The third kappa shape index (κ3) is 3.47. The average molecular weight is 246 g/mol. The number of carbonyl (C=O) groups is 1. The largest absolute Gasteiger partial charge is 0.371 e. The summed E-state index contributed by atoms with van der Waals surface area (Å²) < 4.78 is 0. The van der Waals surface area contributed by atoms with Crippen molar-refractivity contribution in [2.75, 3.05) is 11.9 Å². The molecule has 0 heterocycles. The molecule has 96 valence electrons. The number of benzene rings is 1. The Morgan fingerprint density at radius 1 is 1.56 bits per heavy atom. The topological polar surface area (TPSA) is 82.2 Å². The number of anilines is 1. The first-order valence-electron chi connectivity index (χ1n) is 5.81. The van der Waals surface area contributed by atoms with Gasteiger partial charge in [0.25, 0.3) is 0 Å². The van der Waals surface area contributed by atoms with Gasteiger partial charge in [-0.25, -0.2) is 5.84 Å². The highest BCUT2D eigenvalue weighted by atomic mass is 16.2. The van der Waals surface area contributed by atoms with Crippen molar-refractivity contribution < 1.29 is 4.79 Å². The minimum Gasteiger partial charge on any atom is -0.371 e. The molecule has 1 rings (SSSR count). The van der Waals surface area contributed by atoms with E-state index < -0.39 is 0 Å². The van der Waals surface area contributed by atoms with Gasteiger partial charge >= 0.3 is 0 Å². The van der Waals surface area contributed by atoms with Gasteiger partial charge in [-0.15, -0.1) is 0 Å². The molecule has 0 aliphatic rings. The molecule has 18 heavy (non-hydrogen) atoms. The average Bonchev–Trinajstić information content (AvgIpc) is 2.43. The summed E-state index contributed by atoms with van der Waals surface area (Å²) in [6.45, 7) is 2.01. The summed E-state index contributed by atoms with van der Waals surface area (Å²) in [7, 11) is 1.92. The Kier molecular flexibility index (Phi) is 5.15. The van der Waals surface area contributed by atoms with Gasteiger partial charge in [0.15, 0.2) is 0 Å². The van der Waals surface area contributed by atoms with Gasteiger partial charge in [-0.05, 0) is 25.5 Å². The number of nitrogens with two attached hydrogens (primary N) is 1. The first-order chi connectivity index (χ1) is 8.60. The van der Waals surface area contributed by atoms with Crippen molar-refractivity contribution in [1.82, 2.24) is 5.43 Å². The molecule has 0 aromatic heterocycles. The fourth-order valence-corrected chi connectivity index (χ4v) is 1.72. The van der Waals surface area contributed by atoms with Gasteiger partial charge < -0.3 is 4.90 Å². The fourth-order valence-electron chi connectivity index (χ4n) is 1.72. The maximum Gasteiger partial charge on any atom is 0.233 e. The highest BCUT2D eigenvalue weighted by Crippen LogP contribution is 2.21. The number of nitrogens with zero attached hydrogens (tertiary/aromatic N) is 2. The maximum absolute atomic E-state index is 11.1. The zero-order valence-corrected chi connectivity index (χ0v) is 10.7. The van der Waals surface area contributed by atoms with E-state index in [0.717, 1.165) is 5.69 Å². The molecule has 0 aliphatic heterocycles. The van der Waals surface area contributed by atoms with E-state index in [4.69, 9.17) is 11.1 Å². The van der Waals surface area contributed by atoms with Crippen LogP contribution in [0.2, 0.25) is 0 Å². The predicted molar refractivity (Wildman–Crippen MR) is 70.6 cm³/mol. The van der Waals surface area contributed by atoms with Gasteiger partial charge in [0.2, 0.25) is 5.91 Å². The van der Waals surface area contributed by atoms with Gasteiger partial charge in [0.05, 0.1) is 11.3 Å². The second kappa shape index (κ2) is 6.62. The van der Waals surface area contributed by atoms with Crippen LogP contribution in [0.5, 0.6) is 0 Å². The van der Waals surface area contributed by atoms with Crippen LogP contribution in [-0.2, 0) is 4.79 Å². The van der Waals surface area contributed by atoms with Gasteiger partial charge in [0.1, 0.15) is 6.07 Å². The Morgan fingerprint density at radius 2 is 2.22 bits per heavy atom. The Labute approximate surface area is 107 Å². The second-order valence-electron chi connectivity index (χ2n) is 4.20. The Bertz CT molecular complexity index is 453. The molecular weight excluding hydrogens is 228 g/mol.